The number of carbonyl (C=O) groups is 1. The van der Waals surface area contributed by atoms with E-state index in [4.69, 9.17) is 21.1 Å². The number of hydrogen-bond acceptors (Lipinski definition) is 3. The molecule has 0 aliphatic carbocycles. The molecule has 1 N–H and O–H groups in total. The van der Waals surface area contributed by atoms with Crippen LogP contribution in [0.4, 0.5) is 5.69 Å². The molecule has 1 amide bonds. The van der Waals surface area contributed by atoms with Crippen LogP contribution in [0.2, 0.25) is 5.02 Å². The van der Waals surface area contributed by atoms with Gasteiger partial charge in [-0.3, -0.25) is 4.79 Å². The highest BCUT2D eigenvalue weighted by Crippen LogP contribution is 2.26. The minimum absolute atomic E-state index is 0.148. The maximum atomic E-state index is 11.7. The lowest BCUT2D eigenvalue weighted by Gasteiger charge is -2.15. The van der Waals surface area contributed by atoms with E-state index in [0.29, 0.717) is 23.9 Å². The first-order valence-electron chi connectivity index (χ1n) is 4.88. The third kappa shape index (κ3) is 3.14. The summed E-state index contributed by atoms with van der Waals surface area (Å²) in [6.07, 6.45) is 1.30. The van der Waals surface area contributed by atoms with Crippen molar-refractivity contribution in [3.63, 3.8) is 0 Å². The van der Waals surface area contributed by atoms with Gasteiger partial charge < -0.3 is 14.8 Å². The van der Waals surface area contributed by atoms with E-state index in [2.05, 4.69) is 21.2 Å². The average Bonchev–Trinajstić information content (AvgIpc) is 2.34. The summed E-state index contributed by atoms with van der Waals surface area (Å²) in [5.41, 5.74) is 0.523. The van der Waals surface area contributed by atoms with Crippen LogP contribution in [0, 0.1) is 0 Å². The number of halogens is 2. The van der Waals surface area contributed by atoms with E-state index < -0.39 is 0 Å². The first kappa shape index (κ1) is 12.3. The van der Waals surface area contributed by atoms with Gasteiger partial charge in [0.1, 0.15) is 19.5 Å². The Morgan fingerprint density at radius 1 is 1.41 bits per heavy atom. The molecule has 0 bridgehead atoms. The maximum absolute atomic E-state index is 11.7. The van der Waals surface area contributed by atoms with E-state index in [1.54, 1.807) is 18.2 Å². The molecular formula is C11H9BrClNO3. The Hall–Kier alpha value is -1.20. The number of carbonyl (C=O) groups excluding carboxylic acids is 1. The number of anilines is 1. The van der Waals surface area contributed by atoms with Gasteiger partial charge in [0.05, 0.1) is 10.7 Å². The van der Waals surface area contributed by atoms with Crippen LogP contribution < -0.4 is 5.32 Å². The molecule has 1 aliphatic heterocycles. The summed E-state index contributed by atoms with van der Waals surface area (Å²) in [6.45, 7) is 0.823. The zero-order valence-corrected chi connectivity index (χ0v) is 11.0. The fourth-order valence-corrected chi connectivity index (χ4v) is 1.98. The Bertz CT molecular complexity index is 476. The minimum atomic E-state index is -0.381. The molecule has 1 heterocycles. The first-order chi connectivity index (χ1) is 8.16. The summed E-state index contributed by atoms with van der Waals surface area (Å²) >= 11 is 9.26. The predicted molar refractivity (Wildman–Crippen MR) is 67.8 cm³/mol. The van der Waals surface area contributed by atoms with Gasteiger partial charge in [-0.05, 0) is 18.2 Å². The number of rotatable bonds is 2. The summed E-state index contributed by atoms with van der Waals surface area (Å²) in [5, 5.41) is 3.09. The molecule has 90 valence electrons. The van der Waals surface area contributed by atoms with E-state index in [1.807, 2.05) is 0 Å². The van der Waals surface area contributed by atoms with E-state index in [9.17, 15) is 4.79 Å². The molecular weight excluding hydrogens is 309 g/mol. The van der Waals surface area contributed by atoms with Crippen LogP contribution in [-0.4, -0.2) is 19.1 Å². The summed E-state index contributed by atoms with van der Waals surface area (Å²) in [4.78, 5) is 11.7. The van der Waals surface area contributed by atoms with E-state index >= 15 is 0 Å². The second-order valence-corrected chi connectivity index (χ2v) is 4.60. The summed E-state index contributed by atoms with van der Waals surface area (Å²) in [5.74, 6) is -0.232. The molecule has 0 radical (unpaired) electrons. The largest absolute Gasteiger partial charge is 0.494 e. The van der Waals surface area contributed by atoms with Gasteiger partial charge in [-0.15, -0.1) is 0 Å². The molecule has 0 saturated heterocycles. The third-order valence-corrected chi connectivity index (χ3v) is 2.86. The number of amides is 1. The van der Waals surface area contributed by atoms with Gasteiger partial charge in [-0.25, -0.2) is 0 Å². The molecule has 1 aromatic rings. The van der Waals surface area contributed by atoms with Crippen molar-refractivity contribution in [2.75, 3.05) is 18.5 Å². The Morgan fingerprint density at radius 2 is 2.24 bits per heavy atom. The molecule has 0 fully saturated rings. The van der Waals surface area contributed by atoms with Gasteiger partial charge in [-0.2, -0.15) is 0 Å². The Labute approximate surface area is 112 Å². The highest BCUT2D eigenvalue weighted by Gasteiger charge is 2.16. The van der Waals surface area contributed by atoms with Crippen LogP contribution in [-0.2, 0) is 14.3 Å². The van der Waals surface area contributed by atoms with Crippen LogP contribution >= 0.6 is 27.5 Å². The SMILES string of the molecule is O=C(Nc1ccc(Br)cc1Cl)C1=COCCO1. The van der Waals surface area contributed by atoms with E-state index in [0.717, 1.165) is 4.47 Å². The Balaban J connectivity index is 2.10. The summed E-state index contributed by atoms with van der Waals surface area (Å²) in [7, 11) is 0. The second-order valence-electron chi connectivity index (χ2n) is 3.28. The lowest BCUT2D eigenvalue weighted by Crippen LogP contribution is -2.21. The molecule has 0 spiro atoms. The van der Waals surface area contributed by atoms with Crippen molar-refractivity contribution in [2.45, 2.75) is 0 Å². The van der Waals surface area contributed by atoms with Gasteiger partial charge >= 0.3 is 0 Å². The monoisotopic (exact) mass is 317 g/mol. The number of nitrogens with one attached hydrogen (secondary N) is 1. The maximum Gasteiger partial charge on any atom is 0.294 e. The average molecular weight is 319 g/mol. The van der Waals surface area contributed by atoms with Crippen molar-refractivity contribution in [2.24, 2.45) is 0 Å². The highest BCUT2D eigenvalue weighted by atomic mass is 79.9. The molecule has 0 atom stereocenters. The van der Waals surface area contributed by atoms with E-state index in [-0.39, 0.29) is 11.7 Å². The summed E-state index contributed by atoms with van der Waals surface area (Å²) < 4.78 is 11.0. The predicted octanol–water partition coefficient (Wildman–Crippen LogP) is 2.93. The zero-order valence-electron chi connectivity index (χ0n) is 8.70. The third-order valence-electron chi connectivity index (χ3n) is 2.05. The molecule has 2 rings (SSSR count). The van der Waals surface area contributed by atoms with Crippen molar-refractivity contribution in [1.29, 1.82) is 0 Å². The van der Waals surface area contributed by atoms with Gasteiger partial charge in [-0.1, -0.05) is 27.5 Å². The van der Waals surface area contributed by atoms with Crippen molar-refractivity contribution in [3.05, 3.63) is 39.7 Å². The molecule has 17 heavy (non-hydrogen) atoms. The lowest BCUT2D eigenvalue weighted by molar-refractivity contribution is -0.117. The van der Waals surface area contributed by atoms with Crippen molar-refractivity contribution < 1.29 is 14.3 Å². The van der Waals surface area contributed by atoms with Crippen LogP contribution in [0.3, 0.4) is 0 Å². The Morgan fingerprint density at radius 3 is 2.88 bits per heavy atom. The fraction of sp³-hybridized carbons (Fsp3) is 0.182. The molecule has 4 nitrogen and oxygen atoms in total. The normalized spacial score (nSPS) is 14.4. The topological polar surface area (TPSA) is 47.6 Å². The second kappa shape index (κ2) is 5.42. The lowest BCUT2D eigenvalue weighted by atomic mass is 10.3. The van der Waals surface area contributed by atoms with Crippen molar-refractivity contribution in [3.8, 4) is 0 Å². The zero-order chi connectivity index (χ0) is 12.3. The Kier molecular flexibility index (Phi) is 3.91. The number of benzene rings is 1. The smallest absolute Gasteiger partial charge is 0.294 e. The van der Waals surface area contributed by atoms with Crippen LogP contribution in [0.25, 0.3) is 0 Å². The first-order valence-corrected chi connectivity index (χ1v) is 6.05. The molecule has 1 aromatic carbocycles. The van der Waals surface area contributed by atoms with Crippen molar-refractivity contribution in [1.82, 2.24) is 0 Å². The minimum Gasteiger partial charge on any atom is -0.494 e. The molecule has 6 heteroatoms. The number of ether oxygens (including phenoxy) is 2. The molecule has 0 aromatic heterocycles. The molecule has 1 aliphatic rings. The van der Waals surface area contributed by atoms with Gasteiger partial charge in [0.25, 0.3) is 5.91 Å². The molecule has 0 unspecified atom stereocenters. The number of hydrogen-bond donors (Lipinski definition) is 1. The molecule has 0 saturated carbocycles. The van der Waals surface area contributed by atoms with Gasteiger partial charge in [0.2, 0.25) is 5.76 Å². The van der Waals surface area contributed by atoms with Gasteiger partial charge in [0.15, 0.2) is 0 Å². The van der Waals surface area contributed by atoms with Gasteiger partial charge in [0, 0.05) is 4.47 Å². The quantitative estimate of drug-likeness (QED) is 0.912. The van der Waals surface area contributed by atoms with E-state index in [1.165, 1.54) is 6.26 Å². The van der Waals surface area contributed by atoms with Crippen molar-refractivity contribution >= 4 is 39.1 Å². The standard InChI is InChI=1S/C11H9BrClNO3/c12-7-1-2-9(8(13)5-7)14-11(15)10-6-16-3-4-17-10/h1-2,5-6H,3-4H2,(H,14,15). The summed E-state index contributed by atoms with van der Waals surface area (Å²) in [6, 6.07) is 5.19. The van der Waals surface area contributed by atoms with Crippen LogP contribution in [0.15, 0.2) is 34.7 Å². The van der Waals surface area contributed by atoms with Crippen LogP contribution in [0.5, 0.6) is 0 Å². The highest BCUT2D eigenvalue weighted by molar-refractivity contribution is 9.10. The van der Waals surface area contributed by atoms with Crippen LogP contribution in [0.1, 0.15) is 0 Å². The fourth-order valence-electron chi connectivity index (χ4n) is 1.26.